The summed E-state index contributed by atoms with van der Waals surface area (Å²) in [6.07, 6.45) is 1.89. The Kier molecular flexibility index (Phi) is 7.75. The molecule has 0 saturated heterocycles. The maximum atomic E-state index is 14.0. The number of carbonyl (C=O) groups is 1. The number of benzene rings is 1. The second-order valence-corrected chi connectivity index (χ2v) is 5.00. The van der Waals surface area contributed by atoms with Crippen LogP contribution in [-0.4, -0.2) is 25.6 Å². The van der Waals surface area contributed by atoms with Gasteiger partial charge in [-0.25, -0.2) is 4.39 Å². The zero-order valence-corrected chi connectivity index (χ0v) is 13.0. The van der Waals surface area contributed by atoms with Gasteiger partial charge in [0, 0.05) is 12.6 Å². The number of amides is 1. The molecule has 21 heavy (non-hydrogen) atoms. The van der Waals surface area contributed by atoms with Crippen molar-refractivity contribution in [3.05, 3.63) is 29.6 Å². The SMILES string of the molecule is CCCNC(=O)COc1ccc(C(C)NCCC)cc1F. The van der Waals surface area contributed by atoms with Gasteiger partial charge in [-0.3, -0.25) is 4.79 Å². The lowest BCUT2D eigenvalue weighted by atomic mass is 10.1. The summed E-state index contributed by atoms with van der Waals surface area (Å²) in [5, 5.41) is 5.98. The summed E-state index contributed by atoms with van der Waals surface area (Å²) in [5.41, 5.74) is 0.865. The van der Waals surface area contributed by atoms with Crippen molar-refractivity contribution in [2.75, 3.05) is 19.7 Å². The third-order valence-corrected chi connectivity index (χ3v) is 3.09. The molecule has 0 aliphatic rings. The third kappa shape index (κ3) is 6.12. The fraction of sp³-hybridized carbons (Fsp3) is 0.562. The average Bonchev–Trinajstić information content (AvgIpc) is 2.49. The molecule has 118 valence electrons. The highest BCUT2D eigenvalue weighted by molar-refractivity contribution is 5.77. The molecule has 4 nitrogen and oxygen atoms in total. The Hall–Kier alpha value is -1.62. The lowest BCUT2D eigenvalue weighted by molar-refractivity contribution is -0.123. The Bertz CT molecular complexity index is 452. The van der Waals surface area contributed by atoms with Crippen molar-refractivity contribution >= 4 is 5.91 Å². The Labute approximate surface area is 126 Å². The molecule has 0 saturated carbocycles. The predicted molar refractivity (Wildman–Crippen MR) is 81.9 cm³/mol. The first-order valence-corrected chi connectivity index (χ1v) is 7.50. The van der Waals surface area contributed by atoms with E-state index >= 15 is 0 Å². The molecule has 2 N–H and O–H groups in total. The van der Waals surface area contributed by atoms with Crippen LogP contribution in [0.15, 0.2) is 18.2 Å². The van der Waals surface area contributed by atoms with Crippen molar-refractivity contribution in [2.45, 2.75) is 39.7 Å². The molecule has 1 aromatic carbocycles. The largest absolute Gasteiger partial charge is 0.481 e. The van der Waals surface area contributed by atoms with Gasteiger partial charge in [0.15, 0.2) is 18.2 Å². The maximum Gasteiger partial charge on any atom is 0.257 e. The molecule has 0 bridgehead atoms. The second-order valence-electron chi connectivity index (χ2n) is 5.00. The molecule has 0 fully saturated rings. The van der Waals surface area contributed by atoms with E-state index in [9.17, 15) is 9.18 Å². The fourth-order valence-electron chi connectivity index (χ4n) is 1.84. The third-order valence-electron chi connectivity index (χ3n) is 3.09. The first-order chi connectivity index (χ1) is 10.1. The summed E-state index contributed by atoms with van der Waals surface area (Å²) in [6, 6.07) is 4.92. The molecule has 0 radical (unpaired) electrons. The minimum absolute atomic E-state index is 0.0846. The molecule has 0 aliphatic carbocycles. The van der Waals surface area contributed by atoms with Crippen molar-refractivity contribution in [3.63, 3.8) is 0 Å². The van der Waals surface area contributed by atoms with Crippen molar-refractivity contribution < 1.29 is 13.9 Å². The van der Waals surface area contributed by atoms with Crippen molar-refractivity contribution in [1.29, 1.82) is 0 Å². The zero-order valence-electron chi connectivity index (χ0n) is 13.0. The molecule has 1 aromatic rings. The quantitative estimate of drug-likeness (QED) is 0.737. The maximum absolute atomic E-state index is 14.0. The minimum atomic E-state index is -0.444. The van der Waals surface area contributed by atoms with Crippen molar-refractivity contribution in [1.82, 2.24) is 10.6 Å². The van der Waals surface area contributed by atoms with Crippen LogP contribution >= 0.6 is 0 Å². The number of hydrogen-bond acceptors (Lipinski definition) is 3. The molecular formula is C16H25FN2O2. The summed E-state index contributed by atoms with van der Waals surface area (Å²) in [6.45, 7) is 7.36. The van der Waals surface area contributed by atoms with Crippen LogP contribution in [0.3, 0.4) is 0 Å². The number of carbonyl (C=O) groups excluding carboxylic acids is 1. The minimum Gasteiger partial charge on any atom is -0.481 e. The van der Waals surface area contributed by atoms with Crippen LogP contribution in [0.25, 0.3) is 0 Å². The van der Waals surface area contributed by atoms with Crippen LogP contribution in [-0.2, 0) is 4.79 Å². The van der Waals surface area contributed by atoms with E-state index in [0.717, 1.165) is 24.9 Å². The van der Waals surface area contributed by atoms with E-state index in [2.05, 4.69) is 17.6 Å². The molecule has 0 aromatic heterocycles. The number of ether oxygens (including phenoxy) is 1. The van der Waals surface area contributed by atoms with E-state index in [0.29, 0.717) is 6.54 Å². The second kappa shape index (κ2) is 9.34. The van der Waals surface area contributed by atoms with Gasteiger partial charge in [0.2, 0.25) is 0 Å². The van der Waals surface area contributed by atoms with Crippen LogP contribution in [0.2, 0.25) is 0 Å². The lowest BCUT2D eigenvalue weighted by Gasteiger charge is -2.15. The molecule has 1 atom stereocenters. The van der Waals surface area contributed by atoms with Gasteiger partial charge >= 0.3 is 0 Å². The van der Waals surface area contributed by atoms with E-state index in [4.69, 9.17) is 4.74 Å². The van der Waals surface area contributed by atoms with Crippen LogP contribution in [0.1, 0.15) is 45.2 Å². The number of hydrogen-bond donors (Lipinski definition) is 2. The summed E-state index contributed by atoms with van der Waals surface area (Å²) >= 11 is 0. The summed E-state index contributed by atoms with van der Waals surface area (Å²) in [4.78, 5) is 11.4. The smallest absolute Gasteiger partial charge is 0.257 e. The van der Waals surface area contributed by atoms with E-state index in [1.54, 1.807) is 6.07 Å². The van der Waals surface area contributed by atoms with Gasteiger partial charge in [-0.2, -0.15) is 0 Å². The van der Waals surface area contributed by atoms with Gasteiger partial charge in [0.05, 0.1) is 0 Å². The highest BCUT2D eigenvalue weighted by Crippen LogP contribution is 2.22. The Morgan fingerprint density at radius 3 is 2.62 bits per heavy atom. The first kappa shape index (κ1) is 17.4. The standard InChI is InChI=1S/C16H25FN2O2/c1-4-8-18-12(3)13-6-7-15(14(17)10-13)21-11-16(20)19-9-5-2/h6-7,10,12,18H,4-5,8-9,11H2,1-3H3,(H,19,20). The molecule has 0 spiro atoms. The molecule has 0 aliphatic heterocycles. The van der Waals surface area contributed by atoms with E-state index < -0.39 is 5.82 Å². The van der Waals surface area contributed by atoms with E-state index in [-0.39, 0.29) is 24.3 Å². The zero-order chi connectivity index (χ0) is 15.7. The van der Waals surface area contributed by atoms with Crippen LogP contribution in [0.5, 0.6) is 5.75 Å². The number of halogens is 1. The predicted octanol–water partition coefficient (Wildman–Crippen LogP) is 2.79. The number of rotatable bonds is 9. The molecule has 5 heteroatoms. The van der Waals surface area contributed by atoms with Crippen LogP contribution < -0.4 is 15.4 Å². The summed E-state index contributed by atoms with van der Waals surface area (Å²) < 4.78 is 19.2. The Morgan fingerprint density at radius 1 is 1.29 bits per heavy atom. The van der Waals surface area contributed by atoms with Gasteiger partial charge in [0.1, 0.15) is 0 Å². The van der Waals surface area contributed by atoms with Gasteiger partial charge in [-0.05, 0) is 44.0 Å². The van der Waals surface area contributed by atoms with E-state index in [1.807, 2.05) is 19.9 Å². The normalized spacial score (nSPS) is 12.0. The average molecular weight is 296 g/mol. The number of nitrogens with one attached hydrogen (secondary N) is 2. The first-order valence-electron chi connectivity index (χ1n) is 7.50. The highest BCUT2D eigenvalue weighted by atomic mass is 19.1. The molecule has 1 rings (SSSR count). The van der Waals surface area contributed by atoms with Crippen LogP contribution in [0.4, 0.5) is 4.39 Å². The fourth-order valence-corrected chi connectivity index (χ4v) is 1.84. The van der Waals surface area contributed by atoms with Gasteiger partial charge in [0.25, 0.3) is 5.91 Å². The molecule has 0 heterocycles. The molecular weight excluding hydrogens is 271 g/mol. The topological polar surface area (TPSA) is 50.4 Å². The van der Waals surface area contributed by atoms with Crippen molar-refractivity contribution in [2.24, 2.45) is 0 Å². The monoisotopic (exact) mass is 296 g/mol. The van der Waals surface area contributed by atoms with Crippen LogP contribution in [0, 0.1) is 5.82 Å². The Balaban J connectivity index is 2.55. The lowest BCUT2D eigenvalue weighted by Crippen LogP contribution is -2.29. The van der Waals surface area contributed by atoms with Gasteiger partial charge < -0.3 is 15.4 Å². The molecule has 1 unspecified atom stereocenters. The van der Waals surface area contributed by atoms with Gasteiger partial charge in [-0.15, -0.1) is 0 Å². The highest BCUT2D eigenvalue weighted by Gasteiger charge is 2.10. The van der Waals surface area contributed by atoms with E-state index in [1.165, 1.54) is 6.07 Å². The van der Waals surface area contributed by atoms with Gasteiger partial charge in [-0.1, -0.05) is 19.9 Å². The summed E-state index contributed by atoms with van der Waals surface area (Å²) in [5.74, 6) is -0.577. The summed E-state index contributed by atoms with van der Waals surface area (Å²) in [7, 11) is 0. The Morgan fingerprint density at radius 2 is 2.00 bits per heavy atom. The van der Waals surface area contributed by atoms with Crippen molar-refractivity contribution in [3.8, 4) is 5.75 Å². The molecule has 1 amide bonds.